The van der Waals surface area contributed by atoms with Crippen LogP contribution in [0.1, 0.15) is 32.6 Å². The molecular formula is C13H17N7O2S. The number of carbonyl (C=O) groups excluding carboxylic acids is 1. The molecule has 0 aliphatic carbocycles. The zero-order chi connectivity index (χ0) is 16.2. The lowest BCUT2D eigenvalue weighted by molar-refractivity contribution is -0.110. The SMILES string of the molecule is CCCCCC1=CN2CC(C(=O)Nc3nn[nH]n3)=S(=O)=C2N=C1. The fourth-order valence-electron chi connectivity index (χ4n) is 2.34. The molecule has 2 aliphatic heterocycles. The number of nitrogens with one attached hydrogen (secondary N) is 2. The van der Waals surface area contributed by atoms with Crippen molar-refractivity contribution in [3.05, 3.63) is 11.8 Å². The van der Waals surface area contributed by atoms with Crippen molar-refractivity contribution in [1.29, 1.82) is 0 Å². The molecule has 23 heavy (non-hydrogen) atoms. The molecule has 0 aromatic carbocycles. The van der Waals surface area contributed by atoms with Crippen molar-refractivity contribution in [2.24, 2.45) is 4.99 Å². The van der Waals surface area contributed by atoms with Crippen LogP contribution in [0.4, 0.5) is 5.95 Å². The molecule has 0 radical (unpaired) electrons. The van der Waals surface area contributed by atoms with E-state index in [2.05, 4.69) is 37.9 Å². The quantitative estimate of drug-likeness (QED) is 0.559. The molecule has 0 bridgehead atoms. The van der Waals surface area contributed by atoms with Gasteiger partial charge in [-0.3, -0.25) is 10.1 Å². The molecule has 122 valence electrons. The molecule has 1 aromatic heterocycles. The number of carbonyl (C=O) groups is 1. The third-order valence-corrected chi connectivity index (χ3v) is 4.94. The van der Waals surface area contributed by atoms with Gasteiger partial charge in [-0.1, -0.05) is 24.9 Å². The van der Waals surface area contributed by atoms with Crippen LogP contribution in [0.2, 0.25) is 0 Å². The molecule has 2 N–H and O–H groups in total. The maximum Gasteiger partial charge on any atom is 0.270 e. The minimum absolute atomic E-state index is 0.0497. The summed E-state index contributed by atoms with van der Waals surface area (Å²) in [5, 5.41) is 15.7. The number of H-pyrrole nitrogens is 1. The van der Waals surface area contributed by atoms with Crippen LogP contribution >= 0.6 is 0 Å². The van der Waals surface area contributed by atoms with Crippen LogP contribution in [-0.2, 0) is 14.8 Å². The van der Waals surface area contributed by atoms with E-state index in [0.717, 1.165) is 31.3 Å². The number of anilines is 1. The summed E-state index contributed by atoms with van der Waals surface area (Å²) in [6.45, 7) is 2.41. The van der Waals surface area contributed by atoms with E-state index in [1.165, 1.54) is 0 Å². The van der Waals surface area contributed by atoms with Crippen molar-refractivity contribution < 1.29 is 9.00 Å². The maximum atomic E-state index is 12.4. The van der Waals surface area contributed by atoms with E-state index in [-0.39, 0.29) is 17.4 Å². The lowest BCUT2D eigenvalue weighted by Crippen LogP contribution is -2.32. The van der Waals surface area contributed by atoms with E-state index in [4.69, 9.17) is 0 Å². The highest BCUT2D eigenvalue weighted by atomic mass is 32.1. The Kier molecular flexibility index (Phi) is 4.51. The summed E-state index contributed by atoms with van der Waals surface area (Å²) >= 11 is 0. The van der Waals surface area contributed by atoms with Crippen LogP contribution in [0.3, 0.4) is 0 Å². The van der Waals surface area contributed by atoms with Gasteiger partial charge < -0.3 is 4.90 Å². The highest BCUT2D eigenvalue weighted by molar-refractivity contribution is 7.86. The second-order valence-corrected chi connectivity index (χ2v) is 6.61. The first-order valence-electron chi connectivity index (χ1n) is 7.39. The summed E-state index contributed by atoms with van der Waals surface area (Å²) in [6, 6.07) is 0. The van der Waals surface area contributed by atoms with Gasteiger partial charge in [0.15, 0.2) is 0 Å². The number of amides is 1. The average molecular weight is 335 g/mol. The van der Waals surface area contributed by atoms with E-state index in [9.17, 15) is 9.00 Å². The van der Waals surface area contributed by atoms with Gasteiger partial charge in [0.1, 0.15) is 4.86 Å². The predicted molar refractivity (Wildman–Crippen MR) is 88.4 cm³/mol. The summed E-state index contributed by atoms with van der Waals surface area (Å²) < 4.78 is 12.4. The van der Waals surface area contributed by atoms with Gasteiger partial charge in [-0.05, 0) is 23.6 Å². The standard InChI is InChI=1S/C13H17N7O2S/c1-2-3-4-5-9-6-14-13-20(7-9)8-10(23(13)22)11(21)15-12-16-18-19-17-12/h6-7H,2-5,8H2,1H3,(H2,15,16,17,18,19,21). The molecule has 0 saturated carbocycles. The van der Waals surface area contributed by atoms with Crippen LogP contribution in [0, 0.1) is 0 Å². The number of fused-ring (bicyclic) bond motifs is 1. The van der Waals surface area contributed by atoms with Crippen molar-refractivity contribution in [2.45, 2.75) is 32.6 Å². The summed E-state index contributed by atoms with van der Waals surface area (Å²) in [4.78, 5) is 18.4. The van der Waals surface area contributed by atoms with Crippen molar-refractivity contribution in [2.75, 3.05) is 11.9 Å². The third-order valence-electron chi connectivity index (χ3n) is 3.50. The Labute approximate surface area is 134 Å². The van der Waals surface area contributed by atoms with Crippen LogP contribution in [0.5, 0.6) is 0 Å². The third kappa shape index (κ3) is 3.31. The molecule has 1 aromatic rings. The van der Waals surface area contributed by atoms with Crippen molar-refractivity contribution >= 4 is 38.0 Å². The highest BCUT2D eigenvalue weighted by Gasteiger charge is 2.27. The Morgan fingerprint density at radius 1 is 1.48 bits per heavy atom. The molecule has 0 spiro atoms. The molecule has 2 aliphatic rings. The molecule has 9 nitrogen and oxygen atoms in total. The van der Waals surface area contributed by atoms with Gasteiger partial charge in [-0.25, -0.2) is 9.20 Å². The van der Waals surface area contributed by atoms with Gasteiger partial charge in [0.05, 0.1) is 16.5 Å². The monoisotopic (exact) mass is 335 g/mol. The second kappa shape index (κ2) is 6.73. The van der Waals surface area contributed by atoms with Crippen LogP contribution in [0.15, 0.2) is 16.8 Å². The Balaban J connectivity index is 1.72. The number of unbranched alkanes of at least 4 members (excludes halogenated alkanes) is 2. The van der Waals surface area contributed by atoms with Crippen molar-refractivity contribution in [3.8, 4) is 0 Å². The first kappa shape index (κ1) is 15.4. The molecule has 0 atom stereocenters. The van der Waals surface area contributed by atoms with Crippen LogP contribution in [0.25, 0.3) is 0 Å². The number of tetrazole rings is 1. The zero-order valence-corrected chi connectivity index (χ0v) is 13.5. The van der Waals surface area contributed by atoms with Gasteiger partial charge in [0.2, 0.25) is 5.11 Å². The molecule has 1 amide bonds. The number of nitrogens with zero attached hydrogens (tertiary/aromatic N) is 5. The second-order valence-electron chi connectivity index (χ2n) is 5.21. The first-order valence-corrected chi connectivity index (χ1v) is 8.54. The Morgan fingerprint density at radius 3 is 3.09 bits per heavy atom. The van der Waals surface area contributed by atoms with Gasteiger partial charge in [0.25, 0.3) is 11.9 Å². The Bertz CT molecular complexity index is 807. The summed E-state index contributed by atoms with van der Waals surface area (Å²) in [5.74, 6) is -0.434. The van der Waals surface area contributed by atoms with E-state index in [0.29, 0.717) is 5.11 Å². The molecule has 0 unspecified atom stereocenters. The Morgan fingerprint density at radius 2 is 2.35 bits per heavy atom. The summed E-state index contributed by atoms with van der Waals surface area (Å²) in [6.07, 6.45) is 8.00. The van der Waals surface area contributed by atoms with Crippen molar-refractivity contribution in [3.63, 3.8) is 0 Å². The predicted octanol–water partition coefficient (Wildman–Crippen LogP) is 0.0109. The molecule has 3 rings (SSSR count). The minimum atomic E-state index is -1.57. The summed E-state index contributed by atoms with van der Waals surface area (Å²) in [7, 11) is -1.57. The number of hydrogen-bond acceptors (Lipinski definition) is 7. The lowest BCUT2D eigenvalue weighted by Gasteiger charge is -2.19. The average Bonchev–Trinajstić information content (AvgIpc) is 3.16. The number of rotatable bonds is 6. The fourth-order valence-corrected chi connectivity index (χ4v) is 3.52. The van der Waals surface area contributed by atoms with Gasteiger partial charge in [-0.2, -0.15) is 5.21 Å². The first-order chi connectivity index (χ1) is 11.2. The molecule has 0 fully saturated rings. The molecule has 0 saturated heterocycles. The van der Waals surface area contributed by atoms with Crippen molar-refractivity contribution in [1.82, 2.24) is 25.5 Å². The maximum absolute atomic E-state index is 12.4. The number of aromatic nitrogens is 4. The normalized spacial score (nSPS) is 16.7. The van der Waals surface area contributed by atoms with E-state index < -0.39 is 15.9 Å². The highest BCUT2D eigenvalue weighted by Crippen LogP contribution is 2.15. The minimum Gasteiger partial charge on any atom is -0.317 e. The van der Waals surface area contributed by atoms with E-state index >= 15 is 0 Å². The van der Waals surface area contributed by atoms with Crippen LogP contribution < -0.4 is 5.32 Å². The lowest BCUT2D eigenvalue weighted by atomic mass is 10.1. The van der Waals surface area contributed by atoms with E-state index in [1.54, 1.807) is 11.1 Å². The molecule has 3 heterocycles. The zero-order valence-electron chi connectivity index (χ0n) is 12.7. The van der Waals surface area contributed by atoms with Gasteiger partial charge >= 0.3 is 0 Å². The van der Waals surface area contributed by atoms with E-state index in [1.807, 2.05) is 6.20 Å². The molecule has 10 heteroatoms. The number of allylic oxidation sites excluding steroid dienone is 1. The fraction of sp³-hybridized carbons (Fsp3) is 0.462. The molecular weight excluding hydrogens is 318 g/mol. The van der Waals surface area contributed by atoms with Gasteiger partial charge in [0, 0.05) is 12.4 Å². The number of hydrogen-bond donors (Lipinski definition) is 2. The largest absolute Gasteiger partial charge is 0.317 e. The topological polar surface area (TPSA) is 116 Å². The van der Waals surface area contributed by atoms with Crippen LogP contribution in [-0.4, -0.2) is 58.4 Å². The Hall–Kier alpha value is -2.49. The summed E-state index contributed by atoms with van der Waals surface area (Å²) in [5.41, 5.74) is 1.08. The smallest absolute Gasteiger partial charge is 0.270 e. The number of aromatic amines is 1. The van der Waals surface area contributed by atoms with Gasteiger partial charge in [-0.15, -0.1) is 5.10 Å². The number of aliphatic imine (C=N–C) groups is 1.